The lowest BCUT2D eigenvalue weighted by Crippen LogP contribution is -2.55. The zero-order chi connectivity index (χ0) is 14.6. The Balaban J connectivity index is 2.01. The van der Waals surface area contributed by atoms with E-state index in [0.29, 0.717) is 18.6 Å². The molecule has 1 saturated carbocycles. The van der Waals surface area contributed by atoms with Gasteiger partial charge in [-0.3, -0.25) is 4.79 Å². The van der Waals surface area contributed by atoms with Gasteiger partial charge in [0.2, 0.25) is 5.91 Å². The van der Waals surface area contributed by atoms with Crippen LogP contribution in [0.1, 0.15) is 43.6 Å². The molecule has 0 radical (unpaired) electrons. The summed E-state index contributed by atoms with van der Waals surface area (Å²) in [7, 11) is 0. The SMILES string of the molecule is Cc1ccc(/C=C/C(=O)NC2(C(=O)O)CCCCC2)o1. The first-order chi connectivity index (χ1) is 9.52. The summed E-state index contributed by atoms with van der Waals surface area (Å²) in [5.41, 5.74) is -1.11. The monoisotopic (exact) mass is 277 g/mol. The molecule has 0 spiro atoms. The van der Waals surface area contributed by atoms with Crippen LogP contribution in [0, 0.1) is 6.92 Å². The number of rotatable bonds is 4. The molecule has 0 saturated heterocycles. The number of nitrogens with one attached hydrogen (secondary N) is 1. The Labute approximate surface area is 117 Å². The Morgan fingerprint density at radius 3 is 2.55 bits per heavy atom. The minimum atomic E-state index is -1.11. The number of amides is 1. The van der Waals surface area contributed by atoms with Crippen molar-refractivity contribution in [3.05, 3.63) is 29.7 Å². The molecule has 2 rings (SSSR count). The molecule has 0 bridgehead atoms. The summed E-state index contributed by atoms with van der Waals surface area (Å²) >= 11 is 0. The van der Waals surface area contributed by atoms with Crippen molar-refractivity contribution in [2.24, 2.45) is 0 Å². The summed E-state index contributed by atoms with van der Waals surface area (Å²) in [6.45, 7) is 1.82. The van der Waals surface area contributed by atoms with Crippen LogP contribution in [0.4, 0.5) is 0 Å². The highest BCUT2D eigenvalue weighted by atomic mass is 16.4. The van der Waals surface area contributed by atoms with Crippen molar-refractivity contribution in [3.8, 4) is 0 Å². The number of carbonyl (C=O) groups is 2. The molecule has 1 aliphatic rings. The fourth-order valence-corrected chi connectivity index (χ4v) is 2.53. The number of aryl methyl sites for hydroxylation is 1. The topological polar surface area (TPSA) is 79.5 Å². The number of aliphatic carboxylic acids is 1. The average Bonchev–Trinajstić information content (AvgIpc) is 2.83. The van der Waals surface area contributed by atoms with Gasteiger partial charge >= 0.3 is 5.97 Å². The molecule has 1 aliphatic carbocycles. The lowest BCUT2D eigenvalue weighted by atomic mass is 9.81. The van der Waals surface area contributed by atoms with Gasteiger partial charge in [0.05, 0.1) is 0 Å². The zero-order valence-electron chi connectivity index (χ0n) is 11.5. The van der Waals surface area contributed by atoms with Gasteiger partial charge < -0.3 is 14.8 Å². The van der Waals surface area contributed by atoms with Crippen LogP contribution in [-0.2, 0) is 9.59 Å². The normalized spacial score (nSPS) is 18.1. The average molecular weight is 277 g/mol. The molecular weight excluding hydrogens is 258 g/mol. The minimum Gasteiger partial charge on any atom is -0.480 e. The fourth-order valence-electron chi connectivity index (χ4n) is 2.53. The lowest BCUT2D eigenvalue weighted by molar-refractivity contribution is -0.148. The Bertz CT molecular complexity index is 524. The van der Waals surface area contributed by atoms with E-state index >= 15 is 0 Å². The molecule has 5 nitrogen and oxygen atoms in total. The maximum Gasteiger partial charge on any atom is 0.329 e. The molecule has 0 unspecified atom stereocenters. The van der Waals surface area contributed by atoms with Crippen LogP contribution in [0.2, 0.25) is 0 Å². The summed E-state index contributed by atoms with van der Waals surface area (Å²) in [5.74, 6) is -0.0128. The van der Waals surface area contributed by atoms with E-state index in [1.807, 2.05) is 6.92 Å². The first-order valence-electron chi connectivity index (χ1n) is 6.82. The van der Waals surface area contributed by atoms with E-state index in [1.165, 1.54) is 6.08 Å². The molecule has 0 aromatic carbocycles. The Kier molecular flexibility index (Phi) is 4.27. The van der Waals surface area contributed by atoms with E-state index in [1.54, 1.807) is 18.2 Å². The van der Waals surface area contributed by atoms with Gasteiger partial charge in [-0.2, -0.15) is 0 Å². The summed E-state index contributed by atoms with van der Waals surface area (Å²) in [5, 5.41) is 12.0. The van der Waals surface area contributed by atoms with Crippen LogP contribution in [0.5, 0.6) is 0 Å². The van der Waals surface area contributed by atoms with Crippen LogP contribution in [0.15, 0.2) is 22.6 Å². The summed E-state index contributed by atoms with van der Waals surface area (Å²) in [4.78, 5) is 23.3. The zero-order valence-corrected chi connectivity index (χ0v) is 11.5. The van der Waals surface area contributed by atoms with E-state index in [0.717, 1.165) is 25.0 Å². The maximum absolute atomic E-state index is 11.9. The molecular formula is C15H19NO4. The van der Waals surface area contributed by atoms with Crippen molar-refractivity contribution in [1.82, 2.24) is 5.32 Å². The summed E-state index contributed by atoms with van der Waals surface area (Å²) < 4.78 is 5.31. The third-order valence-corrected chi connectivity index (χ3v) is 3.64. The van der Waals surface area contributed by atoms with E-state index in [4.69, 9.17) is 4.42 Å². The fraction of sp³-hybridized carbons (Fsp3) is 0.467. The molecule has 0 aliphatic heterocycles. The first-order valence-corrected chi connectivity index (χ1v) is 6.82. The van der Waals surface area contributed by atoms with Gasteiger partial charge in [-0.1, -0.05) is 19.3 Å². The van der Waals surface area contributed by atoms with Crippen LogP contribution >= 0.6 is 0 Å². The molecule has 108 valence electrons. The van der Waals surface area contributed by atoms with Crippen molar-refractivity contribution in [3.63, 3.8) is 0 Å². The van der Waals surface area contributed by atoms with Gasteiger partial charge in [0.25, 0.3) is 0 Å². The first kappa shape index (κ1) is 14.4. The van der Waals surface area contributed by atoms with Crippen LogP contribution in [-0.4, -0.2) is 22.5 Å². The van der Waals surface area contributed by atoms with Gasteiger partial charge in [0, 0.05) is 6.08 Å². The quantitative estimate of drug-likeness (QED) is 0.829. The third kappa shape index (κ3) is 3.29. The second-order valence-corrected chi connectivity index (χ2v) is 5.22. The number of furan rings is 1. The standard InChI is InChI=1S/C15H19NO4/c1-11-5-6-12(20-11)7-8-13(17)16-15(14(18)19)9-3-2-4-10-15/h5-8H,2-4,9-10H2,1H3,(H,16,17)(H,18,19)/b8-7+. The number of carbonyl (C=O) groups excluding carboxylic acids is 1. The Morgan fingerprint density at radius 2 is 2.00 bits per heavy atom. The third-order valence-electron chi connectivity index (χ3n) is 3.64. The molecule has 0 atom stereocenters. The van der Waals surface area contributed by atoms with E-state index in [-0.39, 0.29) is 0 Å². The molecule has 5 heteroatoms. The Hall–Kier alpha value is -2.04. The smallest absolute Gasteiger partial charge is 0.329 e. The van der Waals surface area contributed by atoms with E-state index < -0.39 is 17.4 Å². The lowest BCUT2D eigenvalue weighted by Gasteiger charge is -2.33. The van der Waals surface area contributed by atoms with Crippen LogP contribution in [0.3, 0.4) is 0 Å². The second kappa shape index (κ2) is 5.94. The Morgan fingerprint density at radius 1 is 1.30 bits per heavy atom. The predicted octanol–water partition coefficient (Wildman–Crippen LogP) is 2.50. The van der Waals surface area contributed by atoms with Crippen LogP contribution in [0.25, 0.3) is 6.08 Å². The predicted molar refractivity (Wildman–Crippen MR) is 74.1 cm³/mol. The molecule has 1 amide bonds. The van der Waals surface area contributed by atoms with Crippen molar-refractivity contribution >= 4 is 18.0 Å². The van der Waals surface area contributed by atoms with Gasteiger partial charge in [-0.05, 0) is 38.0 Å². The molecule has 2 N–H and O–H groups in total. The number of hydrogen-bond donors (Lipinski definition) is 2. The van der Waals surface area contributed by atoms with E-state index in [9.17, 15) is 14.7 Å². The number of carboxylic acid groups (broad SMARTS) is 1. The number of carboxylic acids is 1. The second-order valence-electron chi connectivity index (χ2n) is 5.22. The largest absolute Gasteiger partial charge is 0.480 e. The molecule has 1 fully saturated rings. The molecule has 1 aromatic heterocycles. The van der Waals surface area contributed by atoms with Crippen molar-refractivity contribution < 1.29 is 19.1 Å². The molecule has 20 heavy (non-hydrogen) atoms. The highest BCUT2D eigenvalue weighted by Gasteiger charge is 2.40. The van der Waals surface area contributed by atoms with Gasteiger partial charge in [0.1, 0.15) is 17.1 Å². The van der Waals surface area contributed by atoms with Gasteiger partial charge in [-0.15, -0.1) is 0 Å². The molecule has 1 aromatic rings. The summed E-state index contributed by atoms with van der Waals surface area (Å²) in [6.07, 6.45) is 6.51. The van der Waals surface area contributed by atoms with Crippen LogP contribution < -0.4 is 5.32 Å². The van der Waals surface area contributed by atoms with Gasteiger partial charge in [0.15, 0.2) is 0 Å². The number of hydrogen-bond acceptors (Lipinski definition) is 3. The minimum absolute atomic E-state index is 0.400. The van der Waals surface area contributed by atoms with Crippen molar-refractivity contribution in [1.29, 1.82) is 0 Å². The highest BCUT2D eigenvalue weighted by Crippen LogP contribution is 2.28. The summed E-state index contributed by atoms with van der Waals surface area (Å²) in [6, 6.07) is 3.56. The van der Waals surface area contributed by atoms with Gasteiger partial charge in [-0.25, -0.2) is 4.79 Å². The van der Waals surface area contributed by atoms with E-state index in [2.05, 4.69) is 5.32 Å². The van der Waals surface area contributed by atoms with Crippen molar-refractivity contribution in [2.75, 3.05) is 0 Å². The van der Waals surface area contributed by atoms with Crippen molar-refractivity contribution in [2.45, 2.75) is 44.6 Å². The highest BCUT2D eigenvalue weighted by molar-refractivity contribution is 5.95. The maximum atomic E-state index is 11.9. The molecule has 1 heterocycles.